The molecule has 6 nitrogen and oxygen atoms in total. The Balaban J connectivity index is 1.88. The van der Waals surface area contributed by atoms with Crippen molar-refractivity contribution in [3.8, 4) is 0 Å². The highest BCUT2D eigenvalue weighted by atomic mass is 16.6. The van der Waals surface area contributed by atoms with Gasteiger partial charge < -0.3 is 10.1 Å². The Morgan fingerprint density at radius 3 is 2.56 bits per heavy atom. The van der Waals surface area contributed by atoms with Gasteiger partial charge >= 0.3 is 0 Å². The molecule has 1 N–H and O–H groups in total. The van der Waals surface area contributed by atoms with Crippen LogP contribution in [0.15, 0.2) is 48.5 Å². The molecular weight excluding hydrogens is 318 g/mol. The van der Waals surface area contributed by atoms with Crippen LogP contribution in [0, 0.1) is 17.0 Å². The van der Waals surface area contributed by atoms with Crippen molar-refractivity contribution in [2.75, 3.05) is 12.4 Å². The summed E-state index contributed by atoms with van der Waals surface area (Å²) in [6.07, 6.45) is 0. The highest BCUT2D eigenvalue weighted by molar-refractivity contribution is 5.96. The number of nitro benzene ring substituents is 1. The lowest BCUT2D eigenvalue weighted by molar-refractivity contribution is -0.383. The number of aromatic nitrogens is 1. The van der Waals surface area contributed by atoms with E-state index in [-0.39, 0.29) is 5.69 Å². The number of fused-ring (bicyclic) bond motifs is 1. The molecule has 3 rings (SSSR count). The van der Waals surface area contributed by atoms with Crippen molar-refractivity contribution in [3.05, 3.63) is 75.5 Å². The van der Waals surface area contributed by atoms with Crippen molar-refractivity contribution in [1.29, 1.82) is 0 Å². The van der Waals surface area contributed by atoms with Crippen molar-refractivity contribution in [1.82, 2.24) is 4.98 Å². The third-order valence-electron chi connectivity index (χ3n) is 3.96. The number of nitro groups is 1. The second kappa shape index (κ2) is 7.27. The van der Waals surface area contributed by atoms with E-state index in [4.69, 9.17) is 4.74 Å². The van der Waals surface area contributed by atoms with Crippen LogP contribution in [-0.4, -0.2) is 17.0 Å². The predicted molar refractivity (Wildman–Crippen MR) is 97.6 cm³/mol. The number of anilines is 1. The Morgan fingerprint density at radius 1 is 1.16 bits per heavy atom. The Bertz CT molecular complexity index is 908. The number of nitrogens with one attached hydrogen (secondary N) is 1. The molecule has 0 bridgehead atoms. The number of aryl methyl sites for hydroxylation is 1. The maximum atomic E-state index is 11.2. The summed E-state index contributed by atoms with van der Waals surface area (Å²) in [6.45, 7) is 3.04. The van der Waals surface area contributed by atoms with Gasteiger partial charge in [0, 0.05) is 36.5 Å². The summed E-state index contributed by atoms with van der Waals surface area (Å²) in [5.41, 5.74) is 4.24. The monoisotopic (exact) mass is 337 g/mol. The molecule has 25 heavy (non-hydrogen) atoms. The number of rotatable bonds is 6. The van der Waals surface area contributed by atoms with E-state index in [1.54, 1.807) is 13.2 Å². The van der Waals surface area contributed by atoms with Gasteiger partial charge in [-0.1, -0.05) is 36.4 Å². The number of hydrogen-bond donors (Lipinski definition) is 1. The van der Waals surface area contributed by atoms with Crippen LogP contribution < -0.4 is 5.32 Å². The second-order valence-electron chi connectivity index (χ2n) is 5.84. The number of non-ortho nitro benzene ring substituents is 1. The molecule has 0 unspecified atom stereocenters. The quantitative estimate of drug-likeness (QED) is 0.538. The lowest BCUT2D eigenvalue weighted by atomic mass is 10.1. The minimum absolute atomic E-state index is 0.0215. The van der Waals surface area contributed by atoms with Crippen molar-refractivity contribution in [3.63, 3.8) is 0 Å². The number of hydrogen-bond acceptors (Lipinski definition) is 5. The number of para-hydroxylation sites is 1. The van der Waals surface area contributed by atoms with E-state index >= 15 is 0 Å². The lowest BCUT2D eigenvalue weighted by Crippen LogP contribution is -2.02. The molecule has 0 atom stereocenters. The number of nitrogens with zero attached hydrogens (tertiary/aromatic N) is 2. The van der Waals surface area contributed by atoms with Gasteiger partial charge in [-0.25, -0.2) is 4.98 Å². The van der Waals surface area contributed by atoms with Gasteiger partial charge in [-0.15, -0.1) is 0 Å². The highest BCUT2D eigenvalue weighted by Crippen LogP contribution is 2.30. The SMILES string of the molecule is COCc1ccc(CNc2cc(C)nc3c([N+](=O)[O-])cccc23)cc1. The second-order valence-corrected chi connectivity index (χ2v) is 5.84. The average Bonchev–Trinajstić information content (AvgIpc) is 2.60. The first-order valence-corrected chi connectivity index (χ1v) is 7.94. The molecule has 0 aliphatic carbocycles. The topological polar surface area (TPSA) is 77.3 Å². The van der Waals surface area contributed by atoms with Crippen molar-refractivity contribution >= 4 is 22.3 Å². The third kappa shape index (κ3) is 3.75. The summed E-state index contributed by atoms with van der Waals surface area (Å²) in [4.78, 5) is 15.2. The highest BCUT2D eigenvalue weighted by Gasteiger charge is 2.15. The van der Waals surface area contributed by atoms with E-state index in [9.17, 15) is 10.1 Å². The standard InChI is InChI=1S/C19H19N3O3/c1-13-10-17(16-4-3-5-18(22(23)24)19(16)21-13)20-11-14-6-8-15(9-7-14)12-25-2/h3-10H,11-12H2,1-2H3,(H,20,21). The van der Waals surface area contributed by atoms with Gasteiger partial charge in [0.2, 0.25) is 0 Å². The first kappa shape index (κ1) is 16.9. The maximum absolute atomic E-state index is 11.2. The number of benzene rings is 2. The van der Waals surface area contributed by atoms with Gasteiger partial charge in [-0.2, -0.15) is 0 Å². The zero-order valence-corrected chi connectivity index (χ0v) is 14.2. The molecule has 1 aromatic heterocycles. The van der Waals surface area contributed by atoms with Crippen LogP contribution in [0.3, 0.4) is 0 Å². The molecule has 0 spiro atoms. The van der Waals surface area contributed by atoms with E-state index in [0.717, 1.165) is 27.9 Å². The molecule has 0 radical (unpaired) electrons. The van der Waals surface area contributed by atoms with Gasteiger partial charge in [0.1, 0.15) is 0 Å². The lowest BCUT2D eigenvalue weighted by Gasteiger charge is -2.11. The van der Waals surface area contributed by atoms with Crippen LogP contribution in [0.25, 0.3) is 10.9 Å². The fourth-order valence-corrected chi connectivity index (χ4v) is 2.77. The normalized spacial score (nSPS) is 10.8. The largest absolute Gasteiger partial charge is 0.380 e. The number of methoxy groups -OCH3 is 1. The van der Waals surface area contributed by atoms with E-state index in [1.807, 2.05) is 43.3 Å². The van der Waals surface area contributed by atoms with Crippen molar-refractivity contribution in [2.45, 2.75) is 20.1 Å². The summed E-state index contributed by atoms with van der Waals surface area (Å²) in [5, 5.41) is 15.4. The van der Waals surface area contributed by atoms with E-state index in [1.165, 1.54) is 6.07 Å². The van der Waals surface area contributed by atoms with E-state index < -0.39 is 4.92 Å². The molecule has 6 heteroatoms. The average molecular weight is 337 g/mol. The Morgan fingerprint density at radius 2 is 1.88 bits per heavy atom. The zero-order valence-electron chi connectivity index (χ0n) is 14.2. The smallest absolute Gasteiger partial charge is 0.295 e. The van der Waals surface area contributed by atoms with Crippen LogP contribution in [0.1, 0.15) is 16.8 Å². The van der Waals surface area contributed by atoms with E-state index in [0.29, 0.717) is 18.7 Å². The molecular formula is C19H19N3O3. The first-order valence-electron chi connectivity index (χ1n) is 7.94. The summed E-state index contributed by atoms with van der Waals surface area (Å²) in [5.74, 6) is 0. The summed E-state index contributed by atoms with van der Waals surface area (Å²) >= 11 is 0. The van der Waals surface area contributed by atoms with Crippen LogP contribution in [-0.2, 0) is 17.9 Å². The van der Waals surface area contributed by atoms with Gasteiger partial charge in [0.15, 0.2) is 5.52 Å². The summed E-state index contributed by atoms with van der Waals surface area (Å²) in [7, 11) is 1.67. The van der Waals surface area contributed by atoms with Gasteiger partial charge in [0.05, 0.1) is 11.5 Å². The Kier molecular flexibility index (Phi) is 4.90. The Hall–Kier alpha value is -2.99. The molecule has 0 aliphatic heterocycles. The summed E-state index contributed by atoms with van der Waals surface area (Å²) in [6, 6.07) is 15.1. The van der Waals surface area contributed by atoms with Crippen LogP contribution >= 0.6 is 0 Å². The minimum atomic E-state index is -0.396. The first-order chi connectivity index (χ1) is 12.1. The number of ether oxygens (including phenoxy) is 1. The zero-order chi connectivity index (χ0) is 17.8. The van der Waals surface area contributed by atoms with Crippen LogP contribution in [0.2, 0.25) is 0 Å². The molecule has 0 saturated heterocycles. The predicted octanol–water partition coefficient (Wildman–Crippen LogP) is 4.21. The van der Waals surface area contributed by atoms with Crippen LogP contribution in [0.4, 0.5) is 11.4 Å². The molecule has 0 amide bonds. The van der Waals surface area contributed by atoms with Gasteiger partial charge in [-0.3, -0.25) is 10.1 Å². The molecule has 3 aromatic rings. The molecule has 0 aliphatic rings. The van der Waals surface area contributed by atoms with E-state index in [2.05, 4.69) is 10.3 Å². The molecule has 2 aromatic carbocycles. The van der Waals surface area contributed by atoms with Gasteiger partial charge in [-0.05, 0) is 24.1 Å². The van der Waals surface area contributed by atoms with Gasteiger partial charge in [0.25, 0.3) is 5.69 Å². The third-order valence-corrected chi connectivity index (χ3v) is 3.96. The van der Waals surface area contributed by atoms with Crippen molar-refractivity contribution in [2.24, 2.45) is 0 Å². The molecule has 1 heterocycles. The molecule has 128 valence electrons. The van der Waals surface area contributed by atoms with Crippen molar-refractivity contribution < 1.29 is 9.66 Å². The fraction of sp³-hybridized carbons (Fsp3) is 0.211. The number of pyridine rings is 1. The van der Waals surface area contributed by atoms with Crippen LogP contribution in [0.5, 0.6) is 0 Å². The minimum Gasteiger partial charge on any atom is -0.380 e. The molecule has 0 saturated carbocycles. The Labute approximate surface area is 145 Å². The fourth-order valence-electron chi connectivity index (χ4n) is 2.77. The molecule has 0 fully saturated rings. The summed E-state index contributed by atoms with van der Waals surface area (Å²) < 4.78 is 5.11. The maximum Gasteiger partial charge on any atom is 0.295 e.